The molecule has 2 aromatic heterocycles. The van der Waals surface area contributed by atoms with Crippen LogP contribution in [-0.2, 0) is 22.4 Å². The van der Waals surface area contributed by atoms with Gasteiger partial charge in [0.1, 0.15) is 5.76 Å². The second-order valence-corrected chi connectivity index (χ2v) is 4.83. The van der Waals surface area contributed by atoms with Gasteiger partial charge in [0.05, 0.1) is 25.5 Å². The number of hydrogen-bond donors (Lipinski definition) is 1. The van der Waals surface area contributed by atoms with Crippen molar-refractivity contribution in [3.63, 3.8) is 0 Å². The number of aryl methyl sites for hydroxylation is 1. The maximum atomic E-state index is 11.0. The third-order valence-corrected chi connectivity index (χ3v) is 3.44. The minimum atomic E-state index is -0.208. The molecule has 0 radical (unpaired) electrons. The number of esters is 1. The minimum Gasteiger partial charge on any atom is -0.469 e. The summed E-state index contributed by atoms with van der Waals surface area (Å²) in [5.74, 6) is 0.746. The molecule has 0 aliphatic carbocycles. The summed E-state index contributed by atoms with van der Waals surface area (Å²) in [6.45, 7) is 0.775. The van der Waals surface area contributed by atoms with Crippen molar-refractivity contribution >= 4 is 22.4 Å². The zero-order valence-electron chi connectivity index (χ0n) is 10.7. The van der Waals surface area contributed by atoms with Crippen molar-refractivity contribution in [3.05, 3.63) is 35.2 Å². The Morgan fingerprint density at radius 2 is 2.42 bits per heavy atom. The lowest BCUT2D eigenvalue weighted by Crippen LogP contribution is -2.05. The number of furan rings is 1. The van der Waals surface area contributed by atoms with Crippen LogP contribution in [0.15, 0.2) is 28.2 Å². The number of rotatable bonds is 7. The fraction of sp³-hybridized carbons (Fsp3) is 0.385. The Balaban J connectivity index is 1.73. The van der Waals surface area contributed by atoms with Crippen LogP contribution in [0, 0.1) is 0 Å². The molecule has 1 N–H and O–H groups in total. The molecule has 102 valence electrons. The third kappa shape index (κ3) is 4.40. The molecule has 2 heterocycles. The Kier molecular flexibility index (Phi) is 4.97. The van der Waals surface area contributed by atoms with Gasteiger partial charge >= 0.3 is 5.97 Å². The van der Waals surface area contributed by atoms with E-state index in [1.807, 2.05) is 17.5 Å². The van der Waals surface area contributed by atoms with E-state index >= 15 is 0 Å². The largest absolute Gasteiger partial charge is 0.469 e. The Labute approximate surface area is 115 Å². The van der Waals surface area contributed by atoms with Crippen LogP contribution in [0.4, 0.5) is 5.13 Å². The van der Waals surface area contributed by atoms with E-state index in [9.17, 15) is 4.79 Å². The first-order chi connectivity index (χ1) is 9.28. The number of thiazole rings is 1. The van der Waals surface area contributed by atoms with Crippen LogP contribution in [-0.4, -0.2) is 24.6 Å². The number of carbonyl (C=O) groups excluding carboxylic acids is 1. The van der Waals surface area contributed by atoms with Crippen molar-refractivity contribution in [1.29, 1.82) is 0 Å². The second kappa shape index (κ2) is 6.94. The number of hydrogen-bond acceptors (Lipinski definition) is 6. The van der Waals surface area contributed by atoms with Crippen LogP contribution in [0.1, 0.15) is 17.9 Å². The number of carbonyl (C=O) groups is 1. The highest BCUT2D eigenvalue weighted by Crippen LogP contribution is 2.16. The topological polar surface area (TPSA) is 64.4 Å². The van der Waals surface area contributed by atoms with E-state index in [4.69, 9.17) is 4.42 Å². The number of methoxy groups -OCH3 is 1. The summed E-state index contributed by atoms with van der Waals surface area (Å²) in [5.41, 5.74) is 0.913. The molecule has 19 heavy (non-hydrogen) atoms. The van der Waals surface area contributed by atoms with E-state index in [0.717, 1.165) is 29.6 Å². The standard InChI is InChI=1S/C13H16N2O3S/c1-17-12(16)5-4-10-9-19-13(15-10)14-7-6-11-3-2-8-18-11/h2-3,8-9H,4-7H2,1H3,(H,14,15). The van der Waals surface area contributed by atoms with Gasteiger partial charge in [-0.2, -0.15) is 0 Å². The van der Waals surface area contributed by atoms with Gasteiger partial charge in [-0.25, -0.2) is 4.98 Å². The van der Waals surface area contributed by atoms with Gasteiger partial charge in [-0.05, 0) is 12.1 Å². The van der Waals surface area contributed by atoms with Crippen molar-refractivity contribution in [3.8, 4) is 0 Å². The predicted molar refractivity (Wildman–Crippen MR) is 73.4 cm³/mol. The van der Waals surface area contributed by atoms with E-state index in [1.165, 1.54) is 7.11 Å². The van der Waals surface area contributed by atoms with Crippen molar-refractivity contribution in [2.45, 2.75) is 19.3 Å². The molecule has 5 nitrogen and oxygen atoms in total. The van der Waals surface area contributed by atoms with Crippen LogP contribution in [0.5, 0.6) is 0 Å². The average molecular weight is 280 g/mol. The van der Waals surface area contributed by atoms with Crippen LogP contribution in [0.25, 0.3) is 0 Å². The predicted octanol–water partition coefficient (Wildman–Crippen LogP) is 2.50. The minimum absolute atomic E-state index is 0.208. The van der Waals surface area contributed by atoms with Gasteiger partial charge in [0.15, 0.2) is 5.13 Å². The lowest BCUT2D eigenvalue weighted by atomic mass is 10.2. The fourth-order valence-corrected chi connectivity index (χ4v) is 2.36. The molecule has 0 bridgehead atoms. The average Bonchev–Trinajstić information content (AvgIpc) is 3.07. The molecule has 6 heteroatoms. The summed E-state index contributed by atoms with van der Waals surface area (Å²) in [6.07, 6.45) is 3.48. The highest BCUT2D eigenvalue weighted by atomic mass is 32.1. The second-order valence-electron chi connectivity index (χ2n) is 3.98. The maximum Gasteiger partial charge on any atom is 0.305 e. The number of nitrogens with one attached hydrogen (secondary N) is 1. The zero-order valence-corrected chi connectivity index (χ0v) is 11.5. The van der Waals surface area contributed by atoms with E-state index in [2.05, 4.69) is 15.0 Å². The van der Waals surface area contributed by atoms with Crippen molar-refractivity contribution in [2.24, 2.45) is 0 Å². The molecule has 0 saturated carbocycles. The summed E-state index contributed by atoms with van der Waals surface area (Å²) < 4.78 is 9.84. The van der Waals surface area contributed by atoms with Gasteiger partial charge in [-0.1, -0.05) is 0 Å². The van der Waals surface area contributed by atoms with E-state index in [-0.39, 0.29) is 5.97 Å². The Morgan fingerprint density at radius 3 is 3.16 bits per heavy atom. The Bertz CT molecular complexity index is 508. The van der Waals surface area contributed by atoms with E-state index < -0.39 is 0 Å². The van der Waals surface area contributed by atoms with Gasteiger partial charge in [0.2, 0.25) is 0 Å². The van der Waals surface area contributed by atoms with Crippen LogP contribution >= 0.6 is 11.3 Å². The quantitative estimate of drug-likeness (QED) is 0.789. The zero-order chi connectivity index (χ0) is 13.5. The molecule has 0 aliphatic heterocycles. The molecule has 0 aromatic carbocycles. The van der Waals surface area contributed by atoms with Gasteiger partial charge in [-0.3, -0.25) is 4.79 Å². The number of aromatic nitrogens is 1. The van der Waals surface area contributed by atoms with Gasteiger partial charge in [0.25, 0.3) is 0 Å². The van der Waals surface area contributed by atoms with Crippen molar-refractivity contribution < 1.29 is 13.9 Å². The van der Waals surface area contributed by atoms with Gasteiger partial charge in [-0.15, -0.1) is 11.3 Å². The number of anilines is 1. The molecule has 0 fully saturated rings. The molecular formula is C13H16N2O3S. The third-order valence-electron chi connectivity index (χ3n) is 2.59. The monoisotopic (exact) mass is 280 g/mol. The summed E-state index contributed by atoms with van der Waals surface area (Å²) in [7, 11) is 1.39. The molecule has 2 aromatic rings. The maximum absolute atomic E-state index is 11.0. The SMILES string of the molecule is COC(=O)CCc1csc(NCCc2ccco2)n1. The molecule has 0 unspecified atom stereocenters. The summed E-state index contributed by atoms with van der Waals surface area (Å²) >= 11 is 1.54. The van der Waals surface area contributed by atoms with Gasteiger partial charge < -0.3 is 14.5 Å². The highest BCUT2D eigenvalue weighted by molar-refractivity contribution is 7.13. The Hall–Kier alpha value is -1.82. The molecule has 0 saturated heterocycles. The normalized spacial score (nSPS) is 10.4. The number of nitrogens with zero attached hydrogens (tertiary/aromatic N) is 1. The fourth-order valence-electron chi connectivity index (χ4n) is 1.58. The smallest absolute Gasteiger partial charge is 0.305 e. The number of ether oxygens (including phenoxy) is 1. The molecule has 0 atom stereocenters. The summed E-state index contributed by atoms with van der Waals surface area (Å²) in [6, 6.07) is 3.83. The lowest BCUT2D eigenvalue weighted by molar-refractivity contribution is -0.140. The lowest BCUT2D eigenvalue weighted by Gasteiger charge is -2.00. The Morgan fingerprint density at radius 1 is 1.53 bits per heavy atom. The van der Waals surface area contributed by atoms with Crippen LogP contribution in [0.3, 0.4) is 0 Å². The summed E-state index contributed by atoms with van der Waals surface area (Å²) in [5, 5.41) is 6.06. The van der Waals surface area contributed by atoms with Crippen molar-refractivity contribution in [2.75, 3.05) is 19.0 Å². The van der Waals surface area contributed by atoms with Crippen molar-refractivity contribution in [1.82, 2.24) is 4.98 Å². The molecule has 0 aliphatic rings. The first-order valence-corrected chi connectivity index (χ1v) is 6.93. The summed E-state index contributed by atoms with van der Waals surface area (Å²) in [4.78, 5) is 15.4. The highest BCUT2D eigenvalue weighted by Gasteiger charge is 2.05. The molecule has 0 spiro atoms. The van der Waals surface area contributed by atoms with E-state index in [1.54, 1.807) is 17.6 Å². The molecule has 0 amide bonds. The van der Waals surface area contributed by atoms with Crippen LogP contribution in [0.2, 0.25) is 0 Å². The van der Waals surface area contributed by atoms with Crippen LogP contribution < -0.4 is 5.32 Å². The first-order valence-electron chi connectivity index (χ1n) is 6.05. The molecule has 2 rings (SSSR count). The molecular weight excluding hydrogens is 264 g/mol. The van der Waals surface area contributed by atoms with E-state index in [0.29, 0.717) is 12.8 Å². The van der Waals surface area contributed by atoms with Gasteiger partial charge in [0, 0.05) is 24.8 Å². The first kappa shape index (κ1) is 13.6.